The molecule has 2 fully saturated rings. The van der Waals surface area contributed by atoms with Gasteiger partial charge in [-0.25, -0.2) is 0 Å². The van der Waals surface area contributed by atoms with E-state index in [0.29, 0.717) is 12.5 Å². The molecule has 4 nitrogen and oxygen atoms in total. The summed E-state index contributed by atoms with van der Waals surface area (Å²) in [6.45, 7) is 6.08. The Hall–Kier alpha value is -0.610. The number of carbonyl (C=O) groups is 1. The van der Waals surface area contributed by atoms with Crippen LogP contribution in [0.1, 0.15) is 58.8 Å². The molecule has 0 spiro atoms. The summed E-state index contributed by atoms with van der Waals surface area (Å²) in [4.78, 5) is 14.2. The lowest BCUT2D eigenvalue weighted by Gasteiger charge is -2.40. The van der Waals surface area contributed by atoms with Gasteiger partial charge in [0.1, 0.15) is 0 Å². The minimum Gasteiger partial charge on any atom is -0.396 e. The molecule has 2 saturated heterocycles. The predicted octanol–water partition coefficient (Wildman–Crippen LogP) is 2.35. The van der Waals surface area contributed by atoms with Gasteiger partial charge in [-0.05, 0) is 50.9 Å². The maximum absolute atomic E-state index is 12.2. The third kappa shape index (κ3) is 3.73. The van der Waals surface area contributed by atoms with Crippen molar-refractivity contribution in [2.75, 3.05) is 19.7 Å². The van der Waals surface area contributed by atoms with Crippen LogP contribution < -0.4 is 0 Å². The average Bonchev–Trinajstić information content (AvgIpc) is 2.90. The number of aliphatic hydroxyl groups excluding tert-OH is 1. The van der Waals surface area contributed by atoms with Crippen LogP contribution in [0, 0.1) is 5.41 Å². The van der Waals surface area contributed by atoms with Crippen LogP contribution in [0.25, 0.3) is 0 Å². The number of hydrogen-bond acceptors (Lipinski definition) is 3. The van der Waals surface area contributed by atoms with Gasteiger partial charge < -0.3 is 14.7 Å². The number of nitrogens with zero attached hydrogens (tertiary/aromatic N) is 1. The van der Waals surface area contributed by atoms with Crippen LogP contribution in [0.2, 0.25) is 0 Å². The van der Waals surface area contributed by atoms with Gasteiger partial charge in [-0.15, -0.1) is 0 Å². The van der Waals surface area contributed by atoms with E-state index in [9.17, 15) is 9.90 Å². The van der Waals surface area contributed by atoms with E-state index < -0.39 is 0 Å². The maximum atomic E-state index is 12.2. The first-order valence-corrected chi connectivity index (χ1v) is 8.12. The van der Waals surface area contributed by atoms with Crippen LogP contribution in [0.4, 0.5) is 0 Å². The number of amides is 1. The first-order valence-electron chi connectivity index (χ1n) is 8.12. The second-order valence-electron chi connectivity index (χ2n) is 6.58. The number of aliphatic hydroxyl groups is 1. The average molecular weight is 283 g/mol. The van der Waals surface area contributed by atoms with Crippen molar-refractivity contribution in [3.63, 3.8) is 0 Å². The highest BCUT2D eigenvalue weighted by atomic mass is 16.5. The largest absolute Gasteiger partial charge is 0.396 e. The highest BCUT2D eigenvalue weighted by Crippen LogP contribution is 2.34. The van der Waals surface area contributed by atoms with Gasteiger partial charge in [-0.3, -0.25) is 4.79 Å². The molecular weight excluding hydrogens is 254 g/mol. The smallest absolute Gasteiger partial charge is 0.222 e. The Kier molecular flexibility index (Phi) is 5.44. The van der Waals surface area contributed by atoms with Gasteiger partial charge in [0.25, 0.3) is 0 Å². The van der Waals surface area contributed by atoms with Gasteiger partial charge in [-0.1, -0.05) is 6.92 Å². The topological polar surface area (TPSA) is 49.8 Å². The van der Waals surface area contributed by atoms with E-state index in [1.165, 1.54) is 0 Å². The lowest BCUT2D eigenvalue weighted by Crippen LogP contribution is -2.44. The summed E-state index contributed by atoms with van der Waals surface area (Å²) in [5.41, 5.74) is 0.0563. The van der Waals surface area contributed by atoms with Crippen molar-refractivity contribution in [1.82, 2.24) is 4.90 Å². The number of hydrogen-bond donors (Lipinski definition) is 1. The molecule has 0 saturated carbocycles. The Morgan fingerprint density at radius 2 is 2.05 bits per heavy atom. The van der Waals surface area contributed by atoms with Crippen LogP contribution in [-0.4, -0.2) is 47.8 Å². The fourth-order valence-electron chi connectivity index (χ4n) is 3.39. The highest BCUT2D eigenvalue weighted by molar-refractivity contribution is 5.76. The van der Waals surface area contributed by atoms with Crippen LogP contribution in [0.5, 0.6) is 0 Å². The van der Waals surface area contributed by atoms with Crippen molar-refractivity contribution in [2.45, 2.75) is 71.0 Å². The molecule has 0 aliphatic carbocycles. The molecule has 0 aromatic carbocycles. The standard InChI is InChI=1S/C16H29NO3/c1-3-16(12-18)8-10-17(11-9-16)15(19)7-6-14-5-4-13(2)20-14/h13-14,18H,3-12H2,1-2H3. The normalized spacial score (nSPS) is 29.6. The molecule has 2 unspecified atom stereocenters. The summed E-state index contributed by atoms with van der Waals surface area (Å²) < 4.78 is 5.76. The van der Waals surface area contributed by atoms with Crippen LogP contribution in [0.15, 0.2) is 0 Å². The van der Waals surface area contributed by atoms with Gasteiger partial charge >= 0.3 is 0 Å². The summed E-state index contributed by atoms with van der Waals surface area (Å²) in [5, 5.41) is 9.52. The molecule has 0 radical (unpaired) electrons. The number of likely N-dealkylation sites (tertiary alicyclic amines) is 1. The van der Waals surface area contributed by atoms with E-state index in [4.69, 9.17) is 4.74 Å². The van der Waals surface area contributed by atoms with Gasteiger partial charge in [-0.2, -0.15) is 0 Å². The third-order valence-corrected chi connectivity index (χ3v) is 5.26. The molecule has 1 amide bonds. The van der Waals surface area contributed by atoms with E-state index in [-0.39, 0.29) is 24.0 Å². The number of carbonyl (C=O) groups excluding carboxylic acids is 1. The molecule has 0 bridgehead atoms. The summed E-state index contributed by atoms with van der Waals surface area (Å²) in [5.74, 6) is 0.260. The van der Waals surface area contributed by atoms with E-state index >= 15 is 0 Å². The molecule has 20 heavy (non-hydrogen) atoms. The first kappa shape index (κ1) is 15.8. The van der Waals surface area contributed by atoms with E-state index in [1.54, 1.807) is 0 Å². The zero-order valence-electron chi connectivity index (χ0n) is 12.9. The fourth-order valence-corrected chi connectivity index (χ4v) is 3.39. The van der Waals surface area contributed by atoms with Gasteiger partial charge in [0, 0.05) is 26.1 Å². The lowest BCUT2D eigenvalue weighted by molar-refractivity contribution is -0.134. The molecule has 2 heterocycles. The van der Waals surface area contributed by atoms with E-state index in [1.807, 2.05) is 4.90 Å². The van der Waals surface area contributed by atoms with Gasteiger partial charge in [0.2, 0.25) is 5.91 Å². The van der Waals surface area contributed by atoms with E-state index in [2.05, 4.69) is 13.8 Å². The zero-order chi connectivity index (χ0) is 14.6. The number of ether oxygens (including phenoxy) is 1. The van der Waals surface area contributed by atoms with Crippen LogP contribution >= 0.6 is 0 Å². The van der Waals surface area contributed by atoms with Crippen molar-refractivity contribution in [1.29, 1.82) is 0 Å². The summed E-state index contributed by atoms with van der Waals surface area (Å²) in [7, 11) is 0. The molecule has 2 aliphatic heterocycles. The van der Waals surface area contributed by atoms with Crippen molar-refractivity contribution in [2.24, 2.45) is 5.41 Å². The van der Waals surface area contributed by atoms with E-state index in [0.717, 1.165) is 51.6 Å². The zero-order valence-corrected chi connectivity index (χ0v) is 12.9. The van der Waals surface area contributed by atoms with Gasteiger partial charge in [0.05, 0.1) is 12.2 Å². The predicted molar refractivity (Wildman–Crippen MR) is 78.4 cm³/mol. The molecular formula is C16H29NO3. The molecule has 4 heteroatoms. The summed E-state index contributed by atoms with van der Waals surface area (Å²) >= 11 is 0. The minimum atomic E-state index is 0.0563. The van der Waals surface area contributed by atoms with Crippen molar-refractivity contribution < 1.29 is 14.6 Å². The quantitative estimate of drug-likeness (QED) is 0.842. The maximum Gasteiger partial charge on any atom is 0.222 e. The molecule has 2 atom stereocenters. The van der Waals surface area contributed by atoms with Crippen LogP contribution in [0.3, 0.4) is 0 Å². The van der Waals surface area contributed by atoms with Crippen molar-refractivity contribution >= 4 is 5.91 Å². The highest BCUT2D eigenvalue weighted by Gasteiger charge is 2.34. The Morgan fingerprint density at radius 1 is 1.35 bits per heavy atom. The Morgan fingerprint density at radius 3 is 2.55 bits per heavy atom. The Bertz CT molecular complexity index is 318. The van der Waals surface area contributed by atoms with Crippen molar-refractivity contribution in [3.8, 4) is 0 Å². The molecule has 2 rings (SSSR count). The summed E-state index contributed by atoms with van der Waals surface area (Å²) in [6.07, 6.45) is 7.19. The molecule has 116 valence electrons. The first-order chi connectivity index (χ1) is 9.58. The Labute approximate surface area is 122 Å². The second-order valence-corrected chi connectivity index (χ2v) is 6.58. The number of rotatable bonds is 5. The number of piperidine rings is 1. The van der Waals surface area contributed by atoms with Crippen molar-refractivity contribution in [3.05, 3.63) is 0 Å². The third-order valence-electron chi connectivity index (χ3n) is 5.26. The molecule has 1 N–H and O–H groups in total. The SMILES string of the molecule is CCC1(CO)CCN(C(=O)CCC2CCC(C)O2)CC1. The monoisotopic (exact) mass is 283 g/mol. The second kappa shape index (κ2) is 6.90. The molecule has 0 aromatic heterocycles. The molecule has 0 aromatic rings. The molecule has 2 aliphatic rings. The summed E-state index contributed by atoms with van der Waals surface area (Å²) in [6, 6.07) is 0. The minimum absolute atomic E-state index is 0.0563. The van der Waals surface area contributed by atoms with Gasteiger partial charge in [0.15, 0.2) is 0 Å². The fraction of sp³-hybridized carbons (Fsp3) is 0.938. The lowest BCUT2D eigenvalue weighted by atomic mass is 9.77. The van der Waals surface area contributed by atoms with Crippen LogP contribution in [-0.2, 0) is 9.53 Å². The Balaban J connectivity index is 1.72.